The van der Waals surface area contributed by atoms with Crippen molar-refractivity contribution in [3.8, 4) is 0 Å². The number of rotatable bonds is 8. The summed E-state index contributed by atoms with van der Waals surface area (Å²) in [5.41, 5.74) is 1.89. The van der Waals surface area contributed by atoms with Crippen LogP contribution in [-0.2, 0) is 22.4 Å². The van der Waals surface area contributed by atoms with E-state index in [1.165, 1.54) is 0 Å². The summed E-state index contributed by atoms with van der Waals surface area (Å²) in [5.74, 6) is -0.271. The number of nitrogens with zero attached hydrogens (tertiary/aromatic N) is 1. The fourth-order valence-corrected chi connectivity index (χ4v) is 3.31. The van der Waals surface area contributed by atoms with Crippen molar-refractivity contribution >= 4 is 35.0 Å². The Labute approximate surface area is 170 Å². The first-order chi connectivity index (χ1) is 13.0. The van der Waals surface area contributed by atoms with Crippen LogP contribution in [-0.4, -0.2) is 36.3 Å². The molecule has 1 N–H and O–H groups in total. The molecule has 2 rings (SSSR count). The van der Waals surface area contributed by atoms with Crippen molar-refractivity contribution < 1.29 is 9.59 Å². The average Bonchev–Trinajstić information content (AvgIpc) is 2.68. The highest BCUT2D eigenvalue weighted by Gasteiger charge is 2.27. The molecule has 0 spiro atoms. The topological polar surface area (TPSA) is 49.4 Å². The van der Waals surface area contributed by atoms with Crippen LogP contribution in [0.5, 0.6) is 0 Å². The number of carbonyl (C=O) groups is 2. The van der Waals surface area contributed by atoms with E-state index in [0.717, 1.165) is 11.1 Å². The summed E-state index contributed by atoms with van der Waals surface area (Å²) in [7, 11) is 1.59. The molecule has 6 heteroatoms. The van der Waals surface area contributed by atoms with Gasteiger partial charge in [0.25, 0.3) is 0 Å². The van der Waals surface area contributed by atoms with Crippen LogP contribution < -0.4 is 5.32 Å². The second-order valence-corrected chi connectivity index (χ2v) is 7.10. The minimum absolute atomic E-state index is 0.111. The van der Waals surface area contributed by atoms with Crippen LogP contribution in [0.3, 0.4) is 0 Å². The minimum Gasteiger partial charge on any atom is -0.357 e. The Balaban J connectivity index is 2.19. The van der Waals surface area contributed by atoms with Gasteiger partial charge in [0, 0.05) is 13.6 Å². The van der Waals surface area contributed by atoms with Crippen molar-refractivity contribution in [1.82, 2.24) is 10.2 Å². The Hall–Kier alpha value is -2.04. The van der Waals surface area contributed by atoms with E-state index in [2.05, 4.69) is 5.32 Å². The lowest BCUT2D eigenvalue weighted by molar-refractivity contribution is -0.140. The van der Waals surface area contributed by atoms with Gasteiger partial charge in [0.15, 0.2) is 0 Å². The number of carbonyl (C=O) groups excluding carboxylic acids is 2. The van der Waals surface area contributed by atoms with Gasteiger partial charge in [-0.25, -0.2) is 0 Å². The Kier molecular flexibility index (Phi) is 8.14. The SMILES string of the molecule is CC[C@H](C(=O)NC)N(CCc1ccccc1)C(=O)Cc1ccc(Cl)c(Cl)c1. The summed E-state index contributed by atoms with van der Waals surface area (Å²) in [6, 6.07) is 14.6. The van der Waals surface area contributed by atoms with E-state index in [-0.39, 0.29) is 18.2 Å². The number of benzene rings is 2. The number of hydrogen-bond acceptors (Lipinski definition) is 2. The van der Waals surface area contributed by atoms with Gasteiger partial charge in [0.1, 0.15) is 6.04 Å². The van der Waals surface area contributed by atoms with Gasteiger partial charge in [0.2, 0.25) is 11.8 Å². The number of likely N-dealkylation sites (N-methyl/N-ethyl adjacent to an activating group) is 1. The molecule has 0 aliphatic carbocycles. The third-order valence-electron chi connectivity index (χ3n) is 4.46. The zero-order valence-electron chi connectivity index (χ0n) is 15.5. The van der Waals surface area contributed by atoms with E-state index < -0.39 is 6.04 Å². The van der Waals surface area contributed by atoms with Crippen molar-refractivity contribution in [3.05, 3.63) is 69.7 Å². The molecular weight excluding hydrogens is 383 g/mol. The highest BCUT2D eigenvalue weighted by molar-refractivity contribution is 6.42. The monoisotopic (exact) mass is 406 g/mol. The van der Waals surface area contributed by atoms with Gasteiger partial charge >= 0.3 is 0 Å². The lowest BCUT2D eigenvalue weighted by Crippen LogP contribution is -2.49. The van der Waals surface area contributed by atoms with Crippen LogP contribution in [0.15, 0.2) is 48.5 Å². The summed E-state index contributed by atoms with van der Waals surface area (Å²) >= 11 is 12.0. The normalized spacial score (nSPS) is 11.7. The molecule has 2 aromatic rings. The van der Waals surface area contributed by atoms with E-state index in [9.17, 15) is 9.59 Å². The van der Waals surface area contributed by atoms with Crippen molar-refractivity contribution in [2.75, 3.05) is 13.6 Å². The highest BCUT2D eigenvalue weighted by atomic mass is 35.5. The minimum atomic E-state index is -0.506. The molecule has 1 atom stereocenters. The lowest BCUT2D eigenvalue weighted by Gasteiger charge is -2.30. The van der Waals surface area contributed by atoms with Crippen molar-refractivity contribution in [1.29, 1.82) is 0 Å². The molecule has 0 radical (unpaired) electrons. The Bertz CT molecular complexity index is 781. The molecule has 0 heterocycles. The maximum atomic E-state index is 13.0. The zero-order valence-corrected chi connectivity index (χ0v) is 17.1. The summed E-state index contributed by atoms with van der Waals surface area (Å²) < 4.78 is 0. The van der Waals surface area contributed by atoms with Crippen LogP contribution in [0, 0.1) is 0 Å². The molecule has 27 heavy (non-hydrogen) atoms. The molecule has 0 saturated heterocycles. The number of amides is 2. The van der Waals surface area contributed by atoms with Gasteiger partial charge in [-0.1, -0.05) is 66.5 Å². The van der Waals surface area contributed by atoms with Gasteiger partial charge in [-0.05, 0) is 36.1 Å². The van der Waals surface area contributed by atoms with Crippen molar-refractivity contribution in [2.45, 2.75) is 32.2 Å². The smallest absolute Gasteiger partial charge is 0.242 e. The van der Waals surface area contributed by atoms with Crippen LogP contribution in [0.2, 0.25) is 10.0 Å². The molecule has 2 aromatic carbocycles. The van der Waals surface area contributed by atoms with Crippen LogP contribution in [0.25, 0.3) is 0 Å². The molecule has 4 nitrogen and oxygen atoms in total. The van der Waals surface area contributed by atoms with Crippen molar-refractivity contribution in [2.24, 2.45) is 0 Å². The second kappa shape index (κ2) is 10.3. The molecule has 0 bridgehead atoms. The summed E-state index contributed by atoms with van der Waals surface area (Å²) in [5, 5.41) is 3.52. The first kappa shape index (κ1) is 21.3. The Morgan fingerprint density at radius 3 is 2.33 bits per heavy atom. The molecule has 0 saturated carbocycles. The summed E-state index contributed by atoms with van der Waals surface area (Å²) in [6.07, 6.45) is 1.39. The van der Waals surface area contributed by atoms with Gasteiger partial charge in [-0.2, -0.15) is 0 Å². The molecule has 0 fully saturated rings. The van der Waals surface area contributed by atoms with Gasteiger partial charge in [-0.15, -0.1) is 0 Å². The number of hydrogen-bond donors (Lipinski definition) is 1. The van der Waals surface area contributed by atoms with Gasteiger partial charge < -0.3 is 10.2 Å². The van der Waals surface area contributed by atoms with E-state index >= 15 is 0 Å². The fourth-order valence-electron chi connectivity index (χ4n) is 2.99. The van der Waals surface area contributed by atoms with Gasteiger partial charge in [-0.3, -0.25) is 9.59 Å². The summed E-state index contributed by atoms with van der Waals surface area (Å²) in [6.45, 7) is 2.37. The predicted molar refractivity (Wildman–Crippen MR) is 110 cm³/mol. The molecule has 0 aromatic heterocycles. The van der Waals surface area contributed by atoms with E-state index in [1.807, 2.05) is 37.3 Å². The van der Waals surface area contributed by atoms with E-state index in [0.29, 0.717) is 29.4 Å². The first-order valence-corrected chi connectivity index (χ1v) is 9.70. The molecular formula is C21H24Cl2N2O2. The zero-order chi connectivity index (χ0) is 19.8. The average molecular weight is 407 g/mol. The molecule has 0 unspecified atom stereocenters. The highest BCUT2D eigenvalue weighted by Crippen LogP contribution is 2.23. The lowest BCUT2D eigenvalue weighted by atomic mass is 10.1. The van der Waals surface area contributed by atoms with Crippen molar-refractivity contribution in [3.63, 3.8) is 0 Å². The fraction of sp³-hybridized carbons (Fsp3) is 0.333. The molecule has 0 aliphatic rings. The second-order valence-electron chi connectivity index (χ2n) is 6.29. The van der Waals surface area contributed by atoms with E-state index in [4.69, 9.17) is 23.2 Å². The number of halogens is 2. The molecule has 2 amide bonds. The van der Waals surface area contributed by atoms with Crippen LogP contribution >= 0.6 is 23.2 Å². The third-order valence-corrected chi connectivity index (χ3v) is 5.19. The summed E-state index contributed by atoms with van der Waals surface area (Å²) in [4.78, 5) is 27.0. The largest absolute Gasteiger partial charge is 0.357 e. The number of nitrogens with one attached hydrogen (secondary N) is 1. The Morgan fingerprint density at radius 2 is 1.74 bits per heavy atom. The Morgan fingerprint density at radius 1 is 1.04 bits per heavy atom. The molecule has 144 valence electrons. The third kappa shape index (κ3) is 5.98. The van der Waals surface area contributed by atoms with Crippen LogP contribution in [0.4, 0.5) is 0 Å². The first-order valence-electron chi connectivity index (χ1n) is 8.95. The predicted octanol–water partition coefficient (Wildman–Crippen LogP) is 4.13. The van der Waals surface area contributed by atoms with Crippen LogP contribution in [0.1, 0.15) is 24.5 Å². The standard InChI is InChI=1S/C21H24Cl2N2O2/c1-3-19(21(27)24-2)25(12-11-15-7-5-4-6-8-15)20(26)14-16-9-10-17(22)18(23)13-16/h4-10,13,19H,3,11-12,14H2,1-2H3,(H,24,27)/t19-/m1/s1. The molecule has 0 aliphatic heterocycles. The quantitative estimate of drug-likeness (QED) is 0.716. The van der Waals surface area contributed by atoms with Gasteiger partial charge in [0.05, 0.1) is 16.5 Å². The van der Waals surface area contributed by atoms with E-state index in [1.54, 1.807) is 30.1 Å². The maximum absolute atomic E-state index is 13.0. The maximum Gasteiger partial charge on any atom is 0.242 e.